The van der Waals surface area contributed by atoms with E-state index >= 15 is 0 Å². The fraction of sp³-hybridized carbons (Fsp3) is 0.625. The van der Waals surface area contributed by atoms with Crippen molar-refractivity contribution in [1.82, 2.24) is 14.8 Å². The third-order valence-electron chi connectivity index (χ3n) is 2.36. The van der Waals surface area contributed by atoms with Gasteiger partial charge in [-0.05, 0) is 13.3 Å². The summed E-state index contributed by atoms with van der Waals surface area (Å²) >= 11 is 0. The molecule has 0 N–H and O–H groups in total. The van der Waals surface area contributed by atoms with E-state index in [-0.39, 0.29) is 5.92 Å². The summed E-state index contributed by atoms with van der Waals surface area (Å²) in [5.74, 6) is 2.09. The molecule has 0 saturated heterocycles. The van der Waals surface area contributed by atoms with Crippen molar-refractivity contribution in [3.05, 3.63) is 11.6 Å². The first-order valence-electron chi connectivity index (χ1n) is 4.15. The lowest BCUT2D eigenvalue weighted by Gasteiger charge is -2.18. The number of aromatic nitrogens is 3. The minimum absolute atomic E-state index is 0.159. The Morgan fingerprint density at radius 1 is 1.58 bits per heavy atom. The van der Waals surface area contributed by atoms with Crippen molar-refractivity contribution in [2.75, 3.05) is 0 Å². The third-order valence-corrected chi connectivity index (χ3v) is 2.36. The fourth-order valence-electron chi connectivity index (χ4n) is 1.60. The van der Waals surface area contributed by atoms with E-state index in [0.29, 0.717) is 0 Å². The Morgan fingerprint density at radius 3 is 3.17 bits per heavy atom. The van der Waals surface area contributed by atoms with Gasteiger partial charge in [-0.3, -0.25) is 0 Å². The molecule has 0 aliphatic carbocycles. The summed E-state index contributed by atoms with van der Waals surface area (Å²) in [7, 11) is 0. The molecule has 64 valence electrons. The number of hydrogen-bond donors (Lipinski definition) is 0. The van der Waals surface area contributed by atoms with E-state index in [2.05, 4.69) is 10.2 Å². The number of aryl methyl sites for hydroxylation is 2. The Kier molecular flexibility index (Phi) is 1.67. The van der Waals surface area contributed by atoms with Gasteiger partial charge in [0.2, 0.25) is 0 Å². The summed E-state index contributed by atoms with van der Waals surface area (Å²) < 4.78 is 2.03. The van der Waals surface area contributed by atoms with Gasteiger partial charge in [0.05, 0.1) is 0 Å². The molecule has 2 heterocycles. The molecule has 12 heavy (non-hydrogen) atoms. The zero-order chi connectivity index (χ0) is 8.55. The summed E-state index contributed by atoms with van der Waals surface area (Å²) in [4.78, 5) is 10.5. The smallest absolute Gasteiger partial charge is 0.133 e. The third kappa shape index (κ3) is 1.03. The number of hydrogen-bond acceptors (Lipinski definition) is 3. The monoisotopic (exact) mass is 165 g/mol. The number of fused-ring (bicyclic) bond motifs is 1. The second-order valence-corrected chi connectivity index (χ2v) is 3.21. The molecular weight excluding hydrogens is 154 g/mol. The maximum atomic E-state index is 10.5. The molecule has 1 aromatic heterocycles. The van der Waals surface area contributed by atoms with Crippen LogP contribution in [-0.4, -0.2) is 21.1 Å². The van der Waals surface area contributed by atoms with Crippen LogP contribution in [0.1, 0.15) is 18.1 Å². The van der Waals surface area contributed by atoms with Crippen molar-refractivity contribution in [2.45, 2.75) is 26.3 Å². The van der Waals surface area contributed by atoms with Gasteiger partial charge in [0.1, 0.15) is 17.9 Å². The number of aldehydes is 1. The molecule has 0 amide bonds. The Hall–Kier alpha value is -1.19. The van der Waals surface area contributed by atoms with Crippen molar-refractivity contribution >= 4 is 6.29 Å². The summed E-state index contributed by atoms with van der Waals surface area (Å²) in [5, 5.41) is 7.99. The average Bonchev–Trinajstić information content (AvgIpc) is 2.47. The lowest BCUT2D eigenvalue weighted by Crippen LogP contribution is -2.21. The largest absolute Gasteiger partial charge is 0.315 e. The highest BCUT2D eigenvalue weighted by Crippen LogP contribution is 2.17. The summed E-state index contributed by atoms with van der Waals surface area (Å²) in [5.41, 5.74) is 0. The molecule has 0 radical (unpaired) electrons. The molecule has 2 rings (SSSR count). The Balaban J connectivity index is 2.31. The second-order valence-electron chi connectivity index (χ2n) is 3.21. The predicted octanol–water partition coefficient (Wildman–Crippen LogP) is 0.348. The molecule has 4 heteroatoms. The molecule has 0 fully saturated rings. The van der Waals surface area contributed by atoms with E-state index in [1.807, 2.05) is 11.5 Å². The van der Waals surface area contributed by atoms with E-state index in [4.69, 9.17) is 0 Å². The van der Waals surface area contributed by atoms with E-state index in [9.17, 15) is 4.79 Å². The number of nitrogens with zero attached hydrogens (tertiary/aromatic N) is 3. The van der Waals surface area contributed by atoms with Crippen molar-refractivity contribution in [3.8, 4) is 0 Å². The van der Waals surface area contributed by atoms with E-state index in [1.54, 1.807) is 0 Å². The Labute approximate surface area is 70.6 Å². The van der Waals surface area contributed by atoms with Crippen LogP contribution in [0.4, 0.5) is 0 Å². The van der Waals surface area contributed by atoms with Crippen molar-refractivity contribution in [2.24, 2.45) is 5.92 Å². The minimum Gasteiger partial charge on any atom is -0.315 e. The van der Waals surface area contributed by atoms with Gasteiger partial charge in [-0.25, -0.2) is 0 Å². The summed E-state index contributed by atoms with van der Waals surface area (Å²) in [6.07, 6.45) is 2.83. The quantitative estimate of drug-likeness (QED) is 0.564. The van der Waals surface area contributed by atoms with Gasteiger partial charge in [0.25, 0.3) is 0 Å². The molecule has 4 nitrogen and oxygen atoms in total. The van der Waals surface area contributed by atoms with E-state index in [1.165, 1.54) is 0 Å². The predicted molar refractivity (Wildman–Crippen MR) is 42.6 cm³/mol. The second kappa shape index (κ2) is 2.69. The highest BCUT2D eigenvalue weighted by Gasteiger charge is 2.20. The number of rotatable bonds is 1. The Morgan fingerprint density at radius 2 is 2.42 bits per heavy atom. The normalized spacial score (nSPS) is 21.9. The molecular formula is C8H11N3O. The van der Waals surface area contributed by atoms with Gasteiger partial charge < -0.3 is 9.36 Å². The van der Waals surface area contributed by atoms with E-state index in [0.717, 1.165) is 37.3 Å². The Bertz CT molecular complexity index is 305. The molecule has 1 unspecified atom stereocenters. The number of carbonyl (C=O) groups excluding carboxylic acids is 1. The van der Waals surface area contributed by atoms with Gasteiger partial charge in [-0.2, -0.15) is 0 Å². The van der Waals surface area contributed by atoms with Crippen LogP contribution in [0.15, 0.2) is 0 Å². The van der Waals surface area contributed by atoms with Crippen molar-refractivity contribution < 1.29 is 4.79 Å². The maximum Gasteiger partial charge on any atom is 0.133 e. The SMILES string of the molecule is Cc1nnc2n1CC(C=O)CC2. The van der Waals surface area contributed by atoms with Crippen LogP contribution in [0.3, 0.4) is 0 Å². The molecule has 0 aromatic carbocycles. The fourth-order valence-corrected chi connectivity index (χ4v) is 1.60. The lowest BCUT2D eigenvalue weighted by molar-refractivity contribution is -0.111. The van der Waals surface area contributed by atoms with Crippen LogP contribution >= 0.6 is 0 Å². The van der Waals surface area contributed by atoms with Crippen LogP contribution in [-0.2, 0) is 17.8 Å². The minimum atomic E-state index is 0.159. The van der Waals surface area contributed by atoms with Crippen LogP contribution in [0.2, 0.25) is 0 Å². The molecule has 0 bridgehead atoms. The van der Waals surface area contributed by atoms with Crippen LogP contribution < -0.4 is 0 Å². The van der Waals surface area contributed by atoms with Crippen molar-refractivity contribution in [1.29, 1.82) is 0 Å². The standard InChI is InChI=1S/C8H11N3O/c1-6-9-10-8-3-2-7(5-12)4-11(6)8/h5,7H,2-4H2,1H3. The molecule has 1 atom stereocenters. The number of carbonyl (C=O) groups is 1. The molecule has 0 spiro atoms. The zero-order valence-electron chi connectivity index (χ0n) is 7.03. The maximum absolute atomic E-state index is 10.5. The molecule has 1 aromatic rings. The average molecular weight is 165 g/mol. The van der Waals surface area contributed by atoms with Crippen LogP contribution in [0.5, 0.6) is 0 Å². The molecule has 0 saturated carbocycles. The summed E-state index contributed by atoms with van der Waals surface area (Å²) in [6, 6.07) is 0. The first-order chi connectivity index (χ1) is 5.81. The van der Waals surface area contributed by atoms with Crippen LogP contribution in [0.25, 0.3) is 0 Å². The highest BCUT2D eigenvalue weighted by atomic mass is 16.1. The molecule has 1 aliphatic rings. The van der Waals surface area contributed by atoms with Gasteiger partial charge in [0.15, 0.2) is 0 Å². The van der Waals surface area contributed by atoms with Gasteiger partial charge in [-0.1, -0.05) is 0 Å². The first kappa shape index (κ1) is 7.46. The van der Waals surface area contributed by atoms with E-state index < -0.39 is 0 Å². The first-order valence-corrected chi connectivity index (χ1v) is 4.15. The van der Waals surface area contributed by atoms with Gasteiger partial charge in [-0.15, -0.1) is 10.2 Å². The van der Waals surface area contributed by atoms with Gasteiger partial charge >= 0.3 is 0 Å². The van der Waals surface area contributed by atoms with Gasteiger partial charge in [0, 0.05) is 18.9 Å². The van der Waals surface area contributed by atoms with Crippen molar-refractivity contribution in [3.63, 3.8) is 0 Å². The highest BCUT2D eigenvalue weighted by molar-refractivity contribution is 5.53. The summed E-state index contributed by atoms with van der Waals surface area (Å²) in [6.45, 7) is 2.68. The molecule has 1 aliphatic heterocycles. The topological polar surface area (TPSA) is 47.8 Å². The van der Waals surface area contributed by atoms with Crippen LogP contribution in [0, 0.1) is 12.8 Å². The zero-order valence-corrected chi connectivity index (χ0v) is 7.03. The lowest BCUT2D eigenvalue weighted by atomic mass is 10.0.